The maximum Gasteiger partial charge on any atom is 0.303 e. The highest BCUT2D eigenvalue weighted by molar-refractivity contribution is 7.92. The number of sulfone groups is 1. The Labute approximate surface area is 136 Å². The Morgan fingerprint density at radius 2 is 1.70 bits per heavy atom. The third-order valence-corrected chi connectivity index (χ3v) is 5.59. The third-order valence-electron chi connectivity index (χ3n) is 3.42. The molecule has 1 rings (SSSR count). The maximum absolute atomic E-state index is 12.0. The Morgan fingerprint density at radius 1 is 1.09 bits per heavy atom. The number of carbonyl (C=O) groups excluding carboxylic acids is 1. The van der Waals surface area contributed by atoms with Gasteiger partial charge in [-0.1, -0.05) is 6.42 Å². The fourth-order valence-corrected chi connectivity index (χ4v) is 3.01. The van der Waals surface area contributed by atoms with Crippen molar-refractivity contribution in [3.63, 3.8) is 0 Å². The summed E-state index contributed by atoms with van der Waals surface area (Å²) < 4.78 is 24.0. The van der Waals surface area contributed by atoms with Gasteiger partial charge in [0.15, 0.2) is 9.84 Å². The summed E-state index contributed by atoms with van der Waals surface area (Å²) in [7, 11) is -3.33. The van der Waals surface area contributed by atoms with E-state index in [4.69, 9.17) is 5.11 Å². The molecule has 0 aliphatic heterocycles. The van der Waals surface area contributed by atoms with Crippen molar-refractivity contribution in [2.75, 3.05) is 6.54 Å². The van der Waals surface area contributed by atoms with Gasteiger partial charge in [-0.25, -0.2) is 8.42 Å². The zero-order valence-electron chi connectivity index (χ0n) is 13.4. The molecule has 0 aromatic heterocycles. The number of carboxylic acid groups (broad SMARTS) is 1. The van der Waals surface area contributed by atoms with E-state index in [1.807, 2.05) is 0 Å². The van der Waals surface area contributed by atoms with Gasteiger partial charge < -0.3 is 10.4 Å². The molecule has 0 bridgehead atoms. The number of rotatable bonds is 9. The third kappa shape index (κ3) is 6.02. The first-order chi connectivity index (χ1) is 10.7. The Hall–Kier alpha value is -1.89. The Morgan fingerprint density at radius 3 is 2.22 bits per heavy atom. The summed E-state index contributed by atoms with van der Waals surface area (Å²) in [5.41, 5.74) is 0.401. The number of unbranched alkanes of at least 4 members (excludes halogenated alkanes) is 2. The second-order valence-electron chi connectivity index (χ2n) is 5.58. The smallest absolute Gasteiger partial charge is 0.303 e. The molecule has 0 heterocycles. The number of nitrogens with one attached hydrogen (secondary N) is 1. The minimum Gasteiger partial charge on any atom is -0.481 e. The molecular formula is C16H23NO5S. The molecule has 1 aromatic rings. The monoisotopic (exact) mass is 341 g/mol. The van der Waals surface area contributed by atoms with Crippen LogP contribution in [0.3, 0.4) is 0 Å². The normalized spacial score (nSPS) is 11.4. The molecule has 0 fully saturated rings. The van der Waals surface area contributed by atoms with Gasteiger partial charge in [-0.2, -0.15) is 0 Å². The molecule has 0 aliphatic rings. The average molecular weight is 341 g/mol. The van der Waals surface area contributed by atoms with Gasteiger partial charge in [0.05, 0.1) is 10.1 Å². The first kappa shape index (κ1) is 19.2. The molecule has 6 nitrogen and oxygen atoms in total. The standard InChI is InChI=1S/C16H23NO5S/c1-12(2)23(21,22)14-9-7-13(8-10-14)16(20)17-11-5-3-4-6-15(18)19/h7-10,12H,3-6,11H2,1-2H3,(H,17,20)(H,18,19). The van der Waals surface area contributed by atoms with Crippen LogP contribution in [0.15, 0.2) is 29.2 Å². The lowest BCUT2D eigenvalue weighted by Gasteiger charge is -2.09. The molecule has 23 heavy (non-hydrogen) atoms. The van der Waals surface area contributed by atoms with Crippen LogP contribution in [0.5, 0.6) is 0 Å². The largest absolute Gasteiger partial charge is 0.481 e. The van der Waals surface area contributed by atoms with Gasteiger partial charge in [-0.05, 0) is 51.0 Å². The molecule has 0 aliphatic carbocycles. The van der Waals surface area contributed by atoms with Gasteiger partial charge in [0, 0.05) is 18.5 Å². The summed E-state index contributed by atoms with van der Waals surface area (Å²) in [4.78, 5) is 22.5. The molecule has 0 saturated heterocycles. The molecule has 0 radical (unpaired) electrons. The van der Waals surface area contributed by atoms with Crippen molar-refractivity contribution in [2.24, 2.45) is 0 Å². The van der Waals surface area contributed by atoms with E-state index in [0.29, 0.717) is 24.9 Å². The van der Waals surface area contributed by atoms with E-state index in [0.717, 1.165) is 6.42 Å². The second kappa shape index (κ2) is 8.67. The highest BCUT2D eigenvalue weighted by atomic mass is 32.2. The Bertz CT molecular complexity index is 635. The molecule has 1 amide bonds. The van der Waals surface area contributed by atoms with Crippen molar-refractivity contribution in [1.29, 1.82) is 0 Å². The van der Waals surface area contributed by atoms with E-state index in [1.165, 1.54) is 24.3 Å². The highest BCUT2D eigenvalue weighted by Gasteiger charge is 2.19. The molecular weight excluding hydrogens is 318 g/mol. The molecule has 0 unspecified atom stereocenters. The summed E-state index contributed by atoms with van der Waals surface area (Å²) in [6, 6.07) is 5.87. The van der Waals surface area contributed by atoms with Crippen LogP contribution in [0.2, 0.25) is 0 Å². The lowest BCUT2D eigenvalue weighted by Crippen LogP contribution is -2.24. The van der Waals surface area contributed by atoms with Crippen molar-refractivity contribution < 1.29 is 23.1 Å². The topological polar surface area (TPSA) is 101 Å². The number of amides is 1. The van der Waals surface area contributed by atoms with Crippen molar-refractivity contribution in [2.45, 2.75) is 49.7 Å². The van der Waals surface area contributed by atoms with Gasteiger partial charge in [0.25, 0.3) is 5.91 Å². The maximum atomic E-state index is 12.0. The van der Waals surface area contributed by atoms with Crippen LogP contribution in [-0.4, -0.2) is 37.2 Å². The SMILES string of the molecule is CC(C)S(=O)(=O)c1ccc(C(=O)NCCCCCC(=O)O)cc1. The summed E-state index contributed by atoms with van der Waals surface area (Å²) in [5.74, 6) is -1.08. The van der Waals surface area contributed by atoms with Gasteiger partial charge in [-0.15, -0.1) is 0 Å². The van der Waals surface area contributed by atoms with Crippen molar-refractivity contribution in [3.8, 4) is 0 Å². The fraction of sp³-hybridized carbons (Fsp3) is 0.500. The minimum atomic E-state index is -3.33. The van der Waals surface area contributed by atoms with Gasteiger partial charge in [0.1, 0.15) is 0 Å². The van der Waals surface area contributed by atoms with E-state index < -0.39 is 21.1 Å². The van der Waals surface area contributed by atoms with E-state index >= 15 is 0 Å². The summed E-state index contributed by atoms with van der Waals surface area (Å²) in [6.07, 6.45) is 2.17. The number of aliphatic carboxylic acids is 1. The number of hydrogen-bond donors (Lipinski definition) is 2. The Balaban J connectivity index is 2.47. The number of hydrogen-bond acceptors (Lipinski definition) is 4. The minimum absolute atomic E-state index is 0.139. The van der Waals surface area contributed by atoms with Crippen LogP contribution in [-0.2, 0) is 14.6 Å². The van der Waals surface area contributed by atoms with Crippen LogP contribution in [0.1, 0.15) is 49.9 Å². The van der Waals surface area contributed by atoms with E-state index in [9.17, 15) is 18.0 Å². The molecule has 2 N–H and O–H groups in total. The van der Waals surface area contributed by atoms with Crippen molar-refractivity contribution in [1.82, 2.24) is 5.32 Å². The first-order valence-electron chi connectivity index (χ1n) is 7.59. The first-order valence-corrected chi connectivity index (χ1v) is 9.13. The van der Waals surface area contributed by atoms with Gasteiger partial charge in [0.2, 0.25) is 0 Å². The van der Waals surface area contributed by atoms with Crippen LogP contribution >= 0.6 is 0 Å². The van der Waals surface area contributed by atoms with Crippen LogP contribution in [0, 0.1) is 0 Å². The summed E-state index contributed by atoms with van der Waals surface area (Å²) >= 11 is 0. The Kier molecular flexibility index (Phi) is 7.22. The molecule has 7 heteroatoms. The van der Waals surface area contributed by atoms with E-state index in [2.05, 4.69) is 5.32 Å². The molecule has 0 atom stereocenters. The van der Waals surface area contributed by atoms with Crippen molar-refractivity contribution >= 4 is 21.7 Å². The molecule has 0 spiro atoms. The predicted octanol–water partition coefficient (Wildman–Crippen LogP) is 2.24. The van der Waals surface area contributed by atoms with E-state index in [1.54, 1.807) is 13.8 Å². The summed E-state index contributed by atoms with van der Waals surface area (Å²) in [5, 5.41) is 10.7. The summed E-state index contributed by atoms with van der Waals surface area (Å²) in [6.45, 7) is 3.69. The van der Waals surface area contributed by atoms with Crippen LogP contribution in [0.4, 0.5) is 0 Å². The highest BCUT2D eigenvalue weighted by Crippen LogP contribution is 2.16. The fourth-order valence-electron chi connectivity index (χ4n) is 1.95. The van der Waals surface area contributed by atoms with Crippen molar-refractivity contribution in [3.05, 3.63) is 29.8 Å². The lowest BCUT2D eigenvalue weighted by molar-refractivity contribution is -0.137. The molecule has 128 valence electrons. The quantitative estimate of drug-likeness (QED) is 0.671. The second-order valence-corrected chi connectivity index (χ2v) is 8.08. The zero-order valence-corrected chi connectivity index (χ0v) is 14.2. The van der Waals surface area contributed by atoms with Gasteiger partial charge in [-0.3, -0.25) is 9.59 Å². The molecule has 0 saturated carbocycles. The number of benzene rings is 1. The number of carboxylic acids is 1. The number of carbonyl (C=O) groups is 2. The predicted molar refractivity (Wildman–Crippen MR) is 87.2 cm³/mol. The molecule has 1 aromatic carbocycles. The van der Waals surface area contributed by atoms with E-state index in [-0.39, 0.29) is 17.2 Å². The zero-order chi connectivity index (χ0) is 17.5. The van der Waals surface area contributed by atoms with Gasteiger partial charge >= 0.3 is 5.97 Å². The van der Waals surface area contributed by atoms with Crippen LogP contribution < -0.4 is 5.32 Å². The lowest BCUT2D eigenvalue weighted by atomic mass is 10.2. The van der Waals surface area contributed by atoms with Crippen LogP contribution in [0.25, 0.3) is 0 Å². The average Bonchev–Trinajstić information content (AvgIpc) is 2.50.